The van der Waals surface area contributed by atoms with Crippen LogP contribution in [0.3, 0.4) is 0 Å². The highest BCUT2D eigenvalue weighted by atomic mass is 16.5. The van der Waals surface area contributed by atoms with E-state index in [1.54, 1.807) is 7.11 Å². The van der Waals surface area contributed by atoms with E-state index in [9.17, 15) is 0 Å². The Balaban J connectivity index is 1.81. The SMILES string of the molecule is COc1cc(C)ccc1OCCN1CCCNCC1. The molecule has 1 N–H and O–H groups in total. The summed E-state index contributed by atoms with van der Waals surface area (Å²) in [5.74, 6) is 1.65. The van der Waals surface area contributed by atoms with Crippen molar-refractivity contribution >= 4 is 0 Å². The molecular formula is C15H24N2O2. The predicted molar refractivity (Wildman–Crippen MR) is 77.2 cm³/mol. The Morgan fingerprint density at radius 3 is 2.95 bits per heavy atom. The fourth-order valence-electron chi connectivity index (χ4n) is 2.30. The van der Waals surface area contributed by atoms with E-state index in [0.29, 0.717) is 6.61 Å². The average Bonchev–Trinajstić information content (AvgIpc) is 2.69. The van der Waals surface area contributed by atoms with E-state index in [2.05, 4.69) is 17.1 Å². The lowest BCUT2D eigenvalue weighted by molar-refractivity contribution is 0.212. The number of rotatable bonds is 5. The second kappa shape index (κ2) is 7.36. The third kappa shape index (κ3) is 4.40. The third-order valence-electron chi connectivity index (χ3n) is 3.42. The van der Waals surface area contributed by atoms with Gasteiger partial charge in [0.05, 0.1) is 7.11 Å². The molecule has 0 spiro atoms. The Hall–Kier alpha value is -1.26. The molecule has 0 aromatic heterocycles. The molecule has 0 atom stereocenters. The molecule has 0 amide bonds. The first-order valence-electron chi connectivity index (χ1n) is 7.00. The van der Waals surface area contributed by atoms with Crippen molar-refractivity contribution in [1.82, 2.24) is 10.2 Å². The molecule has 1 heterocycles. The number of benzene rings is 1. The molecule has 4 nitrogen and oxygen atoms in total. The highest BCUT2D eigenvalue weighted by molar-refractivity contribution is 5.42. The smallest absolute Gasteiger partial charge is 0.161 e. The van der Waals surface area contributed by atoms with E-state index in [-0.39, 0.29) is 0 Å². The average molecular weight is 264 g/mol. The van der Waals surface area contributed by atoms with Crippen molar-refractivity contribution in [3.05, 3.63) is 23.8 Å². The Bertz CT molecular complexity index is 388. The van der Waals surface area contributed by atoms with Crippen molar-refractivity contribution in [2.45, 2.75) is 13.3 Å². The fraction of sp³-hybridized carbons (Fsp3) is 0.600. The van der Waals surface area contributed by atoms with Gasteiger partial charge in [0.2, 0.25) is 0 Å². The van der Waals surface area contributed by atoms with Gasteiger partial charge in [-0.3, -0.25) is 4.90 Å². The standard InChI is InChI=1S/C15H24N2O2/c1-13-4-5-14(15(12-13)18-2)19-11-10-17-8-3-6-16-7-9-17/h4-5,12,16H,3,6-11H2,1-2H3. The lowest BCUT2D eigenvalue weighted by Crippen LogP contribution is -2.31. The molecular weight excluding hydrogens is 240 g/mol. The first kappa shape index (κ1) is 14.2. The Morgan fingerprint density at radius 1 is 1.21 bits per heavy atom. The second-order valence-corrected chi connectivity index (χ2v) is 4.95. The molecule has 1 aromatic carbocycles. The zero-order valence-corrected chi connectivity index (χ0v) is 11.9. The number of hydrogen-bond acceptors (Lipinski definition) is 4. The Morgan fingerprint density at radius 2 is 2.11 bits per heavy atom. The summed E-state index contributed by atoms with van der Waals surface area (Å²) < 4.78 is 11.2. The van der Waals surface area contributed by atoms with Crippen LogP contribution >= 0.6 is 0 Å². The van der Waals surface area contributed by atoms with E-state index < -0.39 is 0 Å². The molecule has 4 heteroatoms. The minimum atomic E-state index is 0.708. The van der Waals surface area contributed by atoms with Crippen LogP contribution in [0.4, 0.5) is 0 Å². The normalized spacial score (nSPS) is 16.9. The highest BCUT2D eigenvalue weighted by Gasteiger charge is 2.09. The molecule has 1 aliphatic heterocycles. The van der Waals surface area contributed by atoms with Gasteiger partial charge in [-0.1, -0.05) is 6.07 Å². The molecule has 0 radical (unpaired) electrons. The number of nitrogens with one attached hydrogen (secondary N) is 1. The molecule has 1 aliphatic rings. The van der Waals surface area contributed by atoms with Gasteiger partial charge in [0.25, 0.3) is 0 Å². The summed E-state index contributed by atoms with van der Waals surface area (Å²) in [5.41, 5.74) is 1.18. The summed E-state index contributed by atoms with van der Waals surface area (Å²) in [6.07, 6.45) is 1.22. The second-order valence-electron chi connectivity index (χ2n) is 4.95. The van der Waals surface area contributed by atoms with Crippen LogP contribution in [0.1, 0.15) is 12.0 Å². The molecule has 0 unspecified atom stereocenters. The maximum Gasteiger partial charge on any atom is 0.161 e. The summed E-state index contributed by atoms with van der Waals surface area (Å²) >= 11 is 0. The molecule has 1 saturated heterocycles. The van der Waals surface area contributed by atoms with Crippen LogP contribution in [-0.4, -0.2) is 51.3 Å². The Labute approximate surface area is 115 Å². The zero-order chi connectivity index (χ0) is 13.5. The molecule has 106 valence electrons. The van der Waals surface area contributed by atoms with Gasteiger partial charge in [-0.15, -0.1) is 0 Å². The quantitative estimate of drug-likeness (QED) is 0.877. The number of methoxy groups -OCH3 is 1. The summed E-state index contributed by atoms with van der Waals surface area (Å²) in [6.45, 7) is 8.20. The predicted octanol–water partition coefficient (Wildman–Crippen LogP) is 1.68. The number of nitrogens with zero attached hydrogens (tertiary/aromatic N) is 1. The lowest BCUT2D eigenvalue weighted by atomic mass is 10.2. The largest absolute Gasteiger partial charge is 0.493 e. The molecule has 0 bridgehead atoms. The molecule has 2 rings (SSSR count). The van der Waals surface area contributed by atoms with Gasteiger partial charge >= 0.3 is 0 Å². The lowest BCUT2D eigenvalue weighted by Gasteiger charge is -2.20. The summed E-state index contributed by atoms with van der Waals surface area (Å²) in [6, 6.07) is 6.04. The van der Waals surface area contributed by atoms with Gasteiger partial charge in [0, 0.05) is 19.6 Å². The summed E-state index contributed by atoms with van der Waals surface area (Å²) in [5, 5.41) is 3.41. The van der Waals surface area contributed by atoms with Crippen LogP contribution in [-0.2, 0) is 0 Å². The third-order valence-corrected chi connectivity index (χ3v) is 3.42. The molecule has 0 saturated carbocycles. The van der Waals surface area contributed by atoms with Crippen molar-refractivity contribution < 1.29 is 9.47 Å². The van der Waals surface area contributed by atoms with Crippen LogP contribution in [0.25, 0.3) is 0 Å². The van der Waals surface area contributed by atoms with E-state index >= 15 is 0 Å². The van der Waals surface area contributed by atoms with Crippen molar-refractivity contribution in [2.75, 3.05) is 46.4 Å². The van der Waals surface area contributed by atoms with Crippen LogP contribution in [0.15, 0.2) is 18.2 Å². The van der Waals surface area contributed by atoms with E-state index in [0.717, 1.165) is 44.2 Å². The maximum absolute atomic E-state index is 5.84. The van der Waals surface area contributed by atoms with E-state index in [1.807, 2.05) is 18.2 Å². The van der Waals surface area contributed by atoms with Crippen LogP contribution in [0.5, 0.6) is 11.5 Å². The fourth-order valence-corrected chi connectivity index (χ4v) is 2.30. The van der Waals surface area contributed by atoms with Crippen LogP contribution in [0, 0.1) is 6.92 Å². The van der Waals surface area contributed by atoms with Crippen LogP contribution in [0.2, 0.25) is 0 Å². The van der Waals surface area contributed by atoms with Gasteiger partial charge in [-0.25, -0.2) is 0 Å². The first-order valence-corrected chi connectivity index (χ1v) is 7.00. The van der Waals surface area contributed by atoms with E-state index in [1.165, 1.54) is 12.0 Å². The Kier molecular flexibility index (Phi) is 5.48. The molecule has 0 aliphatic carbocycles. The van der Waals surface area contributed by atoms with Crippen LogP contribution < -0.4 is 14.8 Å². The van der Waals surface area contributed by atoms with E-state index in [4.69, 9.17) is 9.47 Å². The zero-order valence-electron chi connectivity index (χ0n) is 11.9. The summed E-state index contributed by atoms with van der Waals surface area (Å²) in [4.78, 5) is 2.45. The highest BCUT2D eigenvalue weighted by Crippen LogP contribution is 2.27. The van der Waals surface area contributed by atoms with Gasteiger partial charge < -0.3 is 14.8 Å². The van der Waals surface area contributed by atoms with Gasteiger partial charge in [0.1, 0.15) is 6.61 Å². The summed E-state index contributed by atoms with van der Waals surface area (Å²) in [7, 11) is 1.68. The van der Waals surface area contributed by atoms with Crippen molar-refractivity contribution in [3.63, 3.8) is 0 Å². The topological polar surface area (TPSA) is 33.7 Å². The van der Waals surface area contributed by atoms with Crippen molar-refractivity contribution in [1.29, 1.82) is 0 Å². The molecule has 1 fully saturated rings. The first-order chi connectivity index (χ1) is 9.29. The van der Waals surface area contributed by atoms with Gasteiger partial charge in [-0.2, -0.15) is 0 Å². The molecule has 19 heavy (non-hydrogen) atoms. The monoisotopic (exact) mass is 264 g/mol. The van der Waals surface area contributed by atoms with Gasteiger partial charge in [-0.05, 0) is 44.1 Å². The minimum Gasteiger partial charge on any atom is -0.493 e. The number of hydrogen-bond donors (Lipinski definition) is 1. The van der Waals surface area contributed by atoms with Crippen molar-refractivity contribution in [2.24, 2.45) is 0 Å². The number of ether oxygens (including phenoxy) is 2. The maximum atomic E-state index is 5.84. The minimum absolute atomic E-state index is 0.708. The number of aryl methyl sites for hydroxylation is 1. The van der Waals surface area contributed by atoms with Gasteiger partial charge in [0.15, 0.2) is 11.5 Å². The molecule has 1 aromatic rings. The van der Waals surface area contributed by atoms with Crippen molar-refractivity contribution in [3.8, 4) is 11.5 Å².